The fraction of sp³-hybridized carbons (Fsp3) is 1.00. The minimum atomic E-state index is 0.111. The van der Waals surface area contributed by atoms with Gasteiger partial charge < -0.3 is 5.32 Å². The summed E-state index contributed by atoms with van der Waals surface area (Å²) >= 11 is 8.21. The van der Waals surface area contributed by atoms with Gasteiger partial charge in [0.1, 0.15) is 0 Å². The van der Waals surface area contributed by atoms with Crippen molar-refractivity contribution in [2.45, 2.75) is 55.4 Å². The lowest BCUT2D eigenvalue weighted by Crippen LogP contribution is -2.61. The summed E-state index contributed by atoms with van der Waals surface area (Å²) in [5, 5.41) is 7.97. The van der Waals surface area contributed by atoms with E-state index in [0.29, 0.717) is 12.1 Å². The number of alkyl halides is 1. The van der Waals surface area contributed by atoms with Gasteiger partial charge in [0.05, 0.1) is 5.50 Å². The van der Waals surface area contributed by atoms with Crippen molar-refractivity contribution in [1.82, 2.24) is 10.6 Å². The highest BCUT2D eigenvalue weighted by atomic mass is 35.5. The summed E-state index contributed by atoms with van der Waals surface area (Å²) in [6, 6.07) is 1.13. The Morgan fingerprint density at radius 1 is 1.19 bits per heavy atom. The van der Waals surface area contributed by atoms with Gasteiger partial charge in [-0.05, 0) is 44.8 Å². The highest BCUT2D eigenvalue weighted by Crippen LogP contribution is 2.34. The fourth-order valence-corrected chi connectivity index (χ4v) is 4.03. The van der Waals surface area contributed by atoms with Crippen LogP contribution in [0.5, 0.6) is 0 Å². The van der Waals surface area contributed by atoms with Gasteiger partial charge in [0, 0.05) is 23.9 Å². The van der Waals surface area contributed by atoms with E-state index in [2.05, 4.69) is 23.8 Å². The number of halogens is 1. The van der Waals surface area contributed by atoms with Gasteiger partial charge in [0.15, 0.2) is 0 Å². The largest absolute Gasteiger partial charge is 0.310 e. The molecule has 1 saturated carbocycles. The van der Waals surface area contributed by atoms with Crippen LogP contribution in [0.15, 0.2) is 0 Å². The molecule has 2 fully saturated rings. The Balaban J connectivity index is 1.87. The summed E-state index contributed by atoms with van der Waals surface area (Å²) < 4.78 is 0. The standard InChI is InChI=1S/C12H23ClN2S/c1-8-12(15-11(13)7-14-8)9-3-5-10(16-2)6-4-9/h8-12,14-15H,3-7H2,1-2H3. The number of nitrogens with one attached hydrogen (secondary N) is 2. The molecule has 2 rings (SSSR count). The molecule has 1 aliphatic carbocycles. The van der Waals surface area contributed by atoms with Crippen LogP contribution >= 0.6 is 23.4 Å². The first-order valence-electron chi connectivity index (χ1n) is 6.37. The zero-order chi connectivity index (χ0) is 11.5. The first-order valence-corrected chi connectivity index (χ1v) is 8.09. The van der Waals surface area contributed by atoms with Gasteiger partial charge in [-0.25, -0.2) is 0 Å². The summed E-state index contributed by atoms with van der Waals surface area (Å²) in [5.41, 5.74) is 0.111. The SMILES string of the molecule is CSC1CCC(C2NC(Cl)CNC2C)CC1. The molecule has 2 N–H and O–H groups in total. The molecule has 0 amide bonds. The third-order valence-corrected chi connectivity index (χ3v) is 5.51. The second kappa shape index (κ2) is 5.94. The van der Waals surface area contributed by atoms with E-state index in [9.17, 15) is 0 Å². The van der Waals surface area contributed by atoms with E-state index < -0.39 is 0 Å². The van der Waals surface area contributed by atoms with E-state index >= 15 is 0 Å². The van der Waals surface area contributed by atoms with Gasteiger partial charge in [-0.2, -0.15) is 11.8 Å². The van der Waals surface area contributed by atoms with Crippen molar-refractivity contribution in [3.05, 3.63) is 0 Å². The molecule has 0 bridgehead atoms. The van der Waals surface area contributed by atoms with E-state index in [0.717, 1.165) is 17.7 Å². The second-order valence-electron chi connectivity index (χ2n) is 5.13. The molecule has 3 unspecified atom stereocenters. The van der Waals surface area contributed by atoms with E-state index in [1.807, 2.05) is 11.8 Å². The summed E-state index contributed by atoms with van der Waals surface area (Å²) in [6.07, 6.45) is 7.72. The molecule has 0 radical (unpaired) electrons. The summed E-state index contributed by atoms with van der Waals surface area (Å²) in [6.45, 7) is 3.17. The van der Waals surface area contributed by atoms with Crippen LogP contribution in [0.25, 0.3) is 0 Å². The average Bonchev–Trinajstić information content (AvgIpc) is 2.32. The van der Waals surface area contributed by atoms with Crippen molar-refractivity contribution in [2.24, 2.45) is 5.92 Å². The normalized spacial score (nSPS) is 45.6. The molecule has 0 aromatic rings. The van der Waals surface area contributed by atoms with Crippen molar-refractivity contribution >= 4 is 23.4 Å². The molecule has 0 spiro atoms. The molecule has 0 aromatic carbocycles. The molecule has 1 heterocycles. The van der Waals surface area contributed by atoms with E-state index in [1.54, 1.807) is 0 Å². The van der Waals surface area contributed by atoms with E-state index in [1.165, 1.54) is 25.7 Å². The van der Waals surface area contributed by atoms with Gasteiger partial charge in [-0.3, -0.25) is 5.32 Å². The van der Waals surface area contributed by atoms with Crippen LogP contribution in [0.2, 0.25) is 0 Å². The molecular formula is C12H23ClN2S. The monoisotopic (exact) mass is 262 g/mol. The van der Waals surface area contributed by atoms with Crippen LogP contribution in [0.3, 0.4) is 0 Å². The van der Waals surface area contributed by atoms with Crippen LogP contribution in [0, 0.1) is 5.92 Å². The van der Waals surface area contributed by atoms with Crippen molar-refractivity contribution in [3.63, 3.8) is 0 Å². The fourth-order valence-electron chi connectivity index (χ4n) is 3.06. The van der Waals surface area contributed by atoms with E-state index in [-0.39, 0.29) is 5.50 Å². The first-order chi connectivity index (χ1) is 7.70. The average molecular weight is 263 g/mol. The highest BCUT2D eigenvalue weighted by molar-refractivity contribution is 7.99. The van der Waals surface area contributed by atoms with E-state index in [4.69, 9.17) is 11.6 Å². The zero-order valence-electron chi connectivity index (χ0n) is 10.2. The van der Waals surface area contributed by atoms with Crippen LogP contribution in [-0.2, 0) is 0 Å². The molecule has 2 aliphatic rings. The number of hydrogen-bond acceptors (Lipinski definition) is 3. The van der Waals surface area contributed by atoms with Crippen molar-refractivity contribution < 1.29 is 0 Å². The first kappa shape index (κ1) is 13.0. The Morgan fingerprint density at radius 2 is 1.88 bits per heavy atom. The third kappa shape index (κ3) is 3.06. The number of thioether (sulfide) groups is 1. The van der Waals surface area contributed by atoms with Crippen molar-refractivity contribution in [3.8, 4) is 0 Å². The lowest BCUT2D eigenvalue weighted by molar-refractivity contribution is 0.200. The third-order valence-electron chi connectivity index (χ3n) is 4.09. The number of hydrogen-bond donors (Lipinski definition) is 2. The van der Waals surface area contributed by atoms with Crippen LogP contribution in [0.4, 0.5) is 0 Å². The lowest BCUT2D eigenvalue weighted by Gasteiger charge is -2.41. The van der Waals surface area contributed by atoms with Gasteiger partial charge in [-0.1, -0.05) is 0 Å². The minimum absolute atomic E-state index is 0.111. The van der Waals surface area contributed by atoms with Crippen molar-refractivity contribution in [2.75, 3.05) is 12.8 Å². The Morgan fingerprint density at radius 3 is 2.50 bits per heavy atom. The number of rotatable bonds is 2. The second-order valence-corrected chi connectivity index (χ2v) is 6.79. The Bertz CT molecular complexity index is 219. The maximum absolute atomic E-state index is 6.17. The van der Waals surface area contributed by atoms with Crippen LogP contribution < -0.4 is 10.6 Å². The Hall–Kier alpha value is 0.560. The molecular weight excluding hydrogens is 240 g/mol. The molecule has 3 atom stereocenters. The molecule has 0 aromatic heterocycles. The quantitative estimate of drug-likeness (QED) is 0.591. The summed E-state index contributed by atoms with van der Waals surface area (Å²) in [7, 11) is 0. The zero-order valence-corrected chi connectivity index (χ0v) is 11.8. The molecule has 4 heteroatoms. The predicted octanol–water partition coefficient (Wildman–Crippen LogP) is 2.42. The van der Waals surface area contributed by atoms with Gasteiger partial charge >= 0.3 is 0 Å². The molecule has 2 nitrogen and oxygen atoms in total. The van der Waals surface area contributed by atoms with Crippen molar-refractivity contribution in [1.29, 1.82) is 0 Å². The minimum Gasteiger partial charge on any atom is -0.310 e. The predicted molar refractivity (Wildman–Crippen MR) is 73.3 cm³/mol. The Kier molecular flexibility index (Phi) is 4.83. The van der Waals surface area contributed by atoms with Gasteiger partial charge in [-0.15, -0.1) is 11.6 Å². The Labute approximate surface area is 108 Å². The van der Waals surface area contributed by atoms with Crippen LogP contribution in [-0.4, -0.2) is 35.6 Å². The van der Waals surface area contributed by atoms with Crippen LogP contribution in [0.1, 0.15) is 32.6 Å². The molecule has 16 heavy (non-hydrogen) atoms. The summed E-state index contributed by atoms with van der Waals surface area (Å²) in [4.78, 5) is 0. The maximum atomic E-state index is 6.17. The van der Waals surface area contributed by atoms with Gasteiger partial charge in [0.25, 0.3) is 0 Å². The smallest absolute Gasteiger partial charge is 0.0954 e. The highest BCUT2D eigenvalue weighted by Gasteiger charge is 2.34. The maximum Gasteiger partial charge on any atom is 0.0954 e. The molecule has 94 valence electrons. The topological polar surface area (TPSA) is 24.1 Å². The van der Waals surface area contributed by atoms with Gasteiger partial charge in [0.2, 0.25) is 0 Å². The lowest BCUT2D eigenvalue weighted by atomic mass is 9.80. The number of piperazine rings is 1. The summed E-state index contributed by atoms with van der Waals surface area (Å²) in [5.74, 6) is 0.812. The molecule has 1 saturated heterocycles. The molecule has 1 aliphatic heterocycles.